The van der Waals surface area contributed by atoms with Crippen molar-refractivity contribution in [3.05, 3.63) is 0 Å². The lowest BCUT2D eigenvalue weighted by atomic mass is 10.6. The van der Waals surface area contributed by atoms with Crippen molar-refractivity contribution in [3.63, 3.8) is 0 Å². The van der Waals surface area contributed by atoms with Crippen LogP contribution in [0.25, 0.3) is 0 Å². The van der Waals surface area contributed by atoms with Gasteiger partial charge in [0.1, 0.15) is 6.61 Å². The predicted molar refractivity (Wildman–Crippen MR) is 63.6 cm³/mol. The fourth-order valence-electron chi connectivity index (χ4n) is 0.651. The summed E-state index contributed by atoms with van der Waals surface area (Å²) in [6.45, 7) is 6.17. The first-order chi connectivity index (χ1) is 7.68. The molecule has 16 heavy (non-hydrogen) atoms. The normalized spacial score (nSPS) is 9.31. The first-order valence-corrected chi connectivity index (χ1v) is 5.53. The summed E-state index contributed by atoms with van der Waals surface area (Å²) in [4.78, 5) is 12.5. The largest absolute Gasteiger partial charge is 0.382 e. The summed E-state index contributed by atoms with van der Waals surface area (Å²) < 4.78 is 15.0. The molecule has 0 spiro atoms. The summed E-state index contributed by atoms with van der Waals surface area (Å²) in [5.41, 5.74) is 0. The van der Waals surface area contributed by atoms with Crippen LogP contribution in [-0.2, 0) is 19.0 Å². The quantitative estimate of drug-likeness (QED) is 0.583. The maximum absolute atomic E-state index is 11.0. The molecule has 0 aromatic rings. The van der Waals surface area contributed by atoms with E-state index in [-0.39, 0.29) is 12.5 Å². The first kappa shape index (κ1) is 17.7. The molecule has 0 heterocycles. The highest BCUT2D eigenvalue weighted by atomic mass is 16.5. The van der Waals surface area contributed by atoms with Crippen molar-refractivity contribution in [1.82, 2.24) is 4.90 Å². The minimum atomic E-state index is -0.0399. The highest BCUT2D eigenvalue weighted by Crippen LogP contribution is 1.83. The van der Waals surface area contributed by atoms with Crippen molar-refractivity contribution in [2.45, 2.75) is 13.8 Å². The summed E-state index contributed by atoms with van der Waals surface area (Å²) in [6, 6.07) is 0. The molecule has 0 aliphatic rings. The minimum absolute atomic E-state index is 0.0399. The van der Waals surface area contributed by atoms with E-state index in [1.54, 1.807) is 21.2 Å². The van der Waals surface area contributed by atoms with Crippen LogP contribution in [0.2, 0.25) is 0 Å². The van der Waals surface area contributed by atoms with E-state index >= 15 is 0 Å². The Bertz CT molecular complexity index is 151. The van der Waals surface area contributed by atoms with Gasteiger partial charge in [-0.05, 0) is 0 Å². The molecule has 0 aromatic heterocycles. The van der Waals surface area contributed by atoms with Crippen molar-refractivity contribution < 1.29 is 19.0 Å². The first-order valence-electron chi connectivity index (χ1n) is 5.53. The van der Waals surface area contributed by atoms with Crippen molar-refractivity contribution in [2.24, 2.45) is 0 Å². The molecule has 0 radical (unpaired) electrons. The molecule has 0 atom stereocenters. The van der Waals surface area contributed by atoms with Gasteiger partial charge in [0.05, 0.1) is 26.4 Å². The van der Waals surface area contributed by atoms with Gasteiger partial charge in [-0.25, -0.2) is 0 Å². The Labute approximate surface area is 98.7 Å². The van der Waals surface area contributed by atoms with E-state index in [2.05, 4.69) is 0 Å². The number of rotatable bonds is 8. The van der Waals surface area contributed by atoms with Gasteiger partial charge < -0.3 is 19.1 Å². The monoisotopic (exact) mass is 235 g/mol. The summed E-state index contributed by atoms with van der Waals surface area (Å²) >= 11 is 0. The molecule has 5 heteroatoms. The van der Waals surface area contributed by atoms with Crippen LogP contribution in [0.3, 0.4) is 0 Å². The highest BCUT2D eigenvalue weighted by molar-refractivity contribution is 5.76. The molecule has 0 aliphatic carbocycles. The van der Waals surface area contributed by atoms with Gasteiger partial charge in [0.2, 0.25) is 5.91 Å². The van der Waals surface area contributed by atoms with Crippen LogP contribution in [0.5, 0.6) is 0 Å². The molecule has 0 rings (SSSR count). The minimum Gasteiger partial charge on any atom is -0.382 e. The Morgan fingerprint density at radius 1 is 1.00 bits per heavy atom. The van der Waals surface area contributed by atoms with Gasteiger partial charge in [0.15, 0.2) is 0 Å². The third-order valence-corrected chi connectivity index (χ3v) is 1.53. The van der Waals surface area contributed by atoms with Crippen LogP contribution >= 0.6 is 0 Å². The van der Waals surface area contributed by atoms with E-state index in [0.29, 0.717) is 26.4 Å². The third-order valence-electron chi connectivity index (χ3n) is 1.53. The van der Waals surface area contributed by atoms with Crippen molar-refractivity contribution in [1.29, 1.82) is 0 Å². The summed E-state index contributed by atoms with van der Waals surface area (Å²) in [6.07, 6.45) is 0. The molecule has 1 amide bonds. The average Bonchev–Trinajstić information content (AvgIpc) is 2.30. The molecular formula is C11H25NO4. The Balaban J connectivity index is 0. The van der Waals surface area contributed by atoms with Crippen molar-refractivity contribution >= 4 is 5.91 Å². The second-order valence-corrected chi connectivity index (χ2v) is 2.95. The van der Waals surface area contributed by atoms with Crippen LogP contribution in [0, 0.1) is 0 Å². The Morgan fingerprint density at radius 3 is 2.00 bits per heavy atom. The molecule has 5 nitrogen and oxygen atoms in total. The Morgan fingerprint density at radius 2 is 1.50 bits per heavy atom. The van der Waals surface area contributed by atoms with Crippen LogP contribution < -0.4 is 0 Å². The zero-order valence-corrected chi connectivity index (χ0v) is 11.1. The second-order valence-electron chi connectivity index (χ2n) is 2.95. The van der Waals surface area contributed by atoms with Crippen LogP contribution in [0.1, 0.15) is 13.8 Å². The van der Waals surface area contributed by atoms with Crippen LogP contribution in [0.15, 0.2) is 0 Å². The van der Waals surface area contributed by atoms with Gasteiger partial charge in [0, 0.05) is 21.2 Å². The average molecular weight is 235 g/mol. The van der Waals surface area contributed by atoms with E-state index in [1.165, 1.54) is 4.90 Å². The fraction of sp³-hybridized carbons (Fsp3) is 0.909. The molecule has 0 aliphatic heterocycles. The zero-order chi connectivity index (χ0) is 12.8. The van der Waals surface area contributed by atoms with Crippen LogP contribution in [-0.4, -0.2) is 65.0 Å². The van der Waals surface area contributed by atoms with Crippen LogP contribution in [0.4, 0.5) is 0 Å². The second kappa shape index (κ2) is 14.3. The van der Waals surface area contributed by atoms with Crippen molar-refractivity contribution in [2.75, 3.05) is 54.2 Å². The fourth-order valence-corrected chi connectivity index (χ4v) is 0.651. The molecule has 0 fully saturated rings. The van der Waals surface area contributed by atoms with E-state index < -0.39 is 0 Å². The molecular weight excluding hydrogens is 210 g/mol. The van der Waals surface area contributed by atoms with Gasteiger partial charge in [-0.3, -0.25) is 4.79 Å². The third kappa shape index (κ3) is 13.4. The number of amides is 1. The lowest BCUT2D eigenvalue weighted by Crippen LogP contribution is -2.26. The Kier molecular flexibility index (Phi) is 15.9. The van der Waals surface area contributed by atoms with E-state index in [4.69, 9.17) is 14.2 Å². The summed E-state index contributed by atoms with van der Waals surface area (Å²) in [5.74, 6) is -0.0399. The van der Waals surface area contributed by atoms with E-state index in [0.717, 1.165) is 0 Å². The van der Waals surface area contributed by atoms with Gasteiger partial charge in [-0.1, -0.05) is 13.8 Å². The number of carbonyl (C=O) groups excluding carboxylic acids is 1. The molecule has 0 unspecified atom stereocenters. The Hall–Kier alpha value is -0.650. The van der Waals surface area contributed by atoms with Gasteiger partial charge in [-0.2, -0.15) is 0 Å². The molecule has 0 N–H and O–H groups in total. The maximum Gasteiger partial charge on any atom is 0.248 e. The molecule has 98 valence electrons. The number of likely N-dealkylation sites (N-methyl/N-ethyl adjacent to an activating group) is 1. The number of hydrogen-bond acceptors (Lipinski definition) is 4. The van der Waals surface area contributed by atoms with Gasteiger partial charge in [-0.15, -0.1) is 0 Å². The lowest BCUT2D eigenvalue weighted by molar-refractivity contribution is -0.134. The zero-order valence-electron chi connectivity index (χ0n) is 11.1. The van der Waals surface area contributed by atoms with Crippen molar-refractivity contribution in [3.8, 4) is 0 Å². The number of methoxy groups -OCH3 is 1. The van der Waals surface area contributed by atoms with E-state index in [9.17, 15) is 4.79 Å². The van der Waals surface area contributed by atoms with E-state index in [1.807, 2.05) is 13.8 Å². The molecule has 0 aromatic carbocycles. The maximum atomic E-state index is 11.0. The standard InChI is InChI=1S/C9H19NO4.C2H6/c1-10(2)9(11)8-14-7-6-13-5-4-12-3;1-2/h4-8H2,1-3H3;1-2H3. The highest BCUT2D eigenvalue weighted by Gasteiger charge is 2.02. The summed E-state index contributed by atoms with van der Waals surface area (Å²) in [5, 5.41) is 0. The van der Waals surface area contributed by atoms with Gasteiger partial charge >= 0.3 is 0 Å². The molecule has 0 saturated heterocycles. The molecule has 0 bridgehead atoms. The topological polar surface area (TPSA) is 48.0 Å². The number of carbonyl (C=O) groups is 1. The number of ether oxygens (including phenoxy) is 3. The van der Waals surface area contributed by atoms with Gasteiger partial charge in [0.25, 0.3) is 0 Å². The number of hydrogen-bond donors (Lipinski definition) is 0. The summed E-state index contributed by atoms with van der Waals surface area (Å²) in [7, 11) is 5.01. The smallest absolute Gasteiger partial charge is 0.248 e. The predicted octanol–water partition coefficient (Wildman–Crippen LogP) is 0.780. The molecule has 0 saturated carbocycles. The lowest BCUT2D eigenvalue weighted by Gasteiger charge is -2.10. The SMILES string of the molecule is CC.COCCOCCOCC(=O)N(C)C. The number of nitrogens with zero attached hydrogens (tertiary/aromatic N) is 1.